The maximum absolute atomic E-state index is 12.4. The second-order valence-electron chi connectivity index (χ2n) is 4.14. The lowest BCUT2D eigenvalue weighted by Gasteiger charge is -2.06. The summed E-state index contributed by atoms with van der Waals surface area (Å²) in [6.07, 6.45) is -3.69. The Bertz CT molecular complexity index is 606. The first kappa shape index (κ1) is 14.6. The predicted octanol–water partition coefficient (Wildman–Crippen LogP) is 4.34. The van der Waals surface area contributed by atoms with Gasteiger partial charge in [-0.2, -0.15) is 13.2 Å². The fraction of sp³-hybridized carbons (Fsp3) is 0.143. The van der Waals surface area contributed by atoms with Crippen LogP contribution in [0.3, 0.4) is 0 Å². The summed E-state index contributed by atoms with van der Waals surface area (Å²) in [4.78, 5) is 15.6. The van der Waals surface area contributed by atoms with E-state index in [0.29, 0.717) is 5.56 Å². The monoisotopic (exact) mass is 297 g/mol. The van der Waals surface area contributed by atoms with E-state index in [-0.39, 0.29) is 10.1 Å². The topological polar surface area (TPSA) is 30.0 Å². The Morgan fingerprint density at radius 2 is 1.75 bits per heavy atom. The summed E-state index contributed by atoms with van der Waals surface area (Å²) in [5.74, 6) is 0. The number of nitrogens with zero attached hydrogens (tertiary/aromatic N) is 1. The molecule has 0 fully saturated rings. The Kier molecular flexibility index (Phi) is 4.13. The van der Waals surface area contributed by atoms with Crippen LogP contribution in [0.2, 0.25) is 0 Å². The van der Waals surface area contributed by atoms with Crippen LogP contribution in [0.4, 0.5) is 13.2 Å². The van der Waals surface area contributed by atoms with Gasteiger partial charge in [0.1, 0.15) is 5.03 Å². The molecule has 6 heteroatoms. The van der Waals surface area contributed by atoms with Crippen molar-refractivity contribution in [3.05, 3.63) is 59.3 Å². The van der Waals surface area contributed by atoms with Crippen molar-refractivity contribution in [1.82, 2.24) is 4.98 Å². The molecule has 2 rings (SSSR count). The maximum Gasteiger partial charge on any atom is 0.417 e. The van der Waals surface area contributed by atoms with E-state index in [2.05, 4.69) is 4.98 Å². The number of carbonyl (C=O) groups excluding carboxylic acids is 1. The molecule has 1 aromatic carbocycles. The highest BCUT2D eigenvalue weighted by Gasteiger charge is 2.30. The average molecular weight is 297 g/mol. The first-order chi connectivity index (χ1) is 9.36. The van der Waals surface area contributed by atoms with Gasteiger partial charge < -0.3 is 0 Å². The standard InChI is InChI=1S/C14H10F3NOS/c1-9-2-4-10(5-3-9)13(19)20-12-7-6-11(8-18-12)14(15,16)17/h2-8H,1H3. The quantitative estimate of drug-likeness (QED) is 0.772. The molecule has 0 amide bonds. The van der Waals surface area contributed by atoms with Crippen LogP contribution in [0.25, 0.3) is 0 Å². The maximum atomic E-state index is 12.4. The molecule has 0 N–H and O–H groups in total. The van der Waals surface area contributed by atoms with Crippen molar-refractivity contribution in [2.75, 3.05) is 0 Å². The second-order valence-corrected chi connectivity index (χ2v) is 5.13. The SMILES string of the molecule is Cc1ccc(C(=O)Sc2ccc(C(F)(F)F)cn2)cc1. The number of benzene rings is 1. The van der Waals surface area contributed by atoms with E-state index in [4.69, 9.17) is 0 Å². The fourth-order valence-electron chi connectivity index (χ4n) is 1.45. The molecule has 20 heavy (non-hydrogen) atoms. The molecule has 0 saturated carbocycles. The summed E-state index contributed by atoms with van der Waals surface area (Å²) >= 11 is 0.805. The number of alkyl halides is 3. The van der Waals surface area contributed by atoms with Crippen LogP contribution in [-0.4, -0.2) is 10.1 Å². The highest BCUT2D eigenvalue weighted by Crippen LogP contribution is 2.30. The fourth-order valence-corrected chi connectivity index (χ4v) is 2.14. The van der Waals surface area contributed by atoms with Crippen LogP contribution >= 0.6 is 11.8 Å². The van der Waals surface area contributed by atoms with E-state index in [1.807, 2.05) is 6.92 Å². The highest BCUT2D eigenvalue weighted by molar-refractivity contribution is 8.14. The smallest absolute Gasteiger partial charge is 0.281 e. The first-order valence-corrected chi connectivity index (χ1v) is 6.50. The number of rotatable bonds is 2. The highest BCUT2D eigenvalue weighted by atomic mass is 32.2. The molecule has 0 aliphatic carbocycles. The van der Waals surface area contributed by atoms with Crippen LogP contribution in [0.15, 0.2) is 47.6 Å². The Hall–Kier alpha value is -1.82. The Morgan fingerprint density at radius 1 is 1.10 bits per heavy atom. The zero-order valence-electron chi connectivity index (χ0n) is 10.4. The summed E-state index contributed by atoms with van der Waals surface area (Å²) in [7, 11) is 0. The minimum absolute atomic E-state index is 0.239. The molecule has 0 saturated heterocycles. The lowest BCUT2D eigenvalue weighted by atomic mass is 10.2. The van der Waals surface area contributed by atoms with E-state index in [1.54, 1.807) is 24.3 Å². The molecule has 0 bridgehead atoms. The minimum Gasteiger partial charge on any atom is -0.281 e. The predicted molar refractivity (Wildman–Crippen MR) is 70.6 cm³/mol. The number of aromatic nitrogens is 1. The van der Waals surface area contributed by atoms with Gasteiger partial charge in [0.2, 0.25) is 5.12 Å². The number of aryl methyl sites for hydroxylation is 1. The van der Waals surface area contributed by atoms with Crippen molar-refractivity contribution in [3.63, 3.8) is 0 Å². The molecule has 0 spiro atoms. The first-order valence-electron chi connectivity index (χ1n) is 5.68. The summed E-state index contributed by atoms with van der Waals surface area (Å²) in [6, 6.07) is 9.06. The molecule has 2 nitrogen and oxygen atoms in total. The third-order valence-electron chi connectivity index (χ3n) is 2.55. The molecule has 2 aromatic rings. The van der Waals surface area contributed by atoms with E-state index < -0.39 is 11.7 Å². The lowest BCUT2D eigenvalue weighted by molar-refractivity contribution is -0.137. The molecular formula is C14H10F3NOS. The number of thioether (sulfide) groups is 1. The van der Waals surface area contributed by atoms with E-state index in [9.17, 15) is 18.0 Å². The van der Waals surface area contributed by atoms with E-state index in [1.165, 1.54) is 6.07 Å². The van der Waals surface area contributed by atoms with Crippen molar-refractivity contribution < 1.29 is 18.0 Å². The molecule has 0 aliphatic heterocycles. The van der Waals surface area contributed by atoms with Crippen LogP contribution in [0, 0.1) is 6.92 Å². The van der Waals surface area contributed by atoms with Crippen molar-refractivity contribution in [2.45, 2.75) is 18.1 Å². The summed E-state index contributed by atoms with van der Waals surface area (Å²) in [6.45, 7) is 1.90. The van der Waals surface area contributed by atoms with Gasteiger partial charge in [0.25, 0.3) is 0 Å². The van der Waals surface area contributed by atoms with Crippen molar-refractivity contribution in [2.24, 2.45) is 0 Å². The van der Waals surface area contributed by atoms with Crippen molar-refractivity contribution in [1.29, 1.82) is 0 Å². The number of carbonyl (C=O) groups is 1. The zero-order valence-corrected chi connectivity index (χ0v) is 11.3. The van der Waals surface area contributed by atoms with Gasteiger partial charge in [-0.05, 0) is 30.8 Å². The van der Waals surface area contributed by atoms with Gasteiger partial charge in [-0.25, -0.2) is 4.98 Å². The summed E-state index contributed by atoms with van der Waals surface area (Å²) in [5, 5.41) is -0.0131. The van der Waals surface area contributed by atoms with Gasteiger partial charge in [-0.3, -0.25) is 4.79 Å². The number of hydrogen-bond acceptors (Lipinski definition) is 3. The Labute approximate surface area is 118 Å². The van der Waals surface area contributed by atoms with Crippen LogP contribution in [0.5, 0.6) is 0 Å². The molecule has 0 unspecified atom stereocenters. The van der Waals surface area contributed by atoms with E-state index in [0.717, 1.165) is 29.6 Å². The molecule has 0 atom stereocenters. The van der Waals surface area contributed by atoms with Gasteiger partial charge in [0.15, 0.2) is 0 Å². The number of halogens is 3. The molecule has 104 valence electrons. The molecule has 1 heterocycles. The third-order valence-corrected chi connectivity index (χ3v) is 3.42. The normalized spacial score (nSPS) is 11.4. The third kappa shape index (κ3) is 3.60. The largest absolute Gasteiger partial charge is 0.417 e. The van der Waals surface area contributed by atoms with Crippen LogP contribution in [-0.2, 0) is 6.18 Å². The Balaban J connectivity index is 2.10. The van der Waals surface area contributed by atoms with Gasteiger partial charge in [0.05, 0.1) is 5.56 Å². The molecule has 0 radical (unpaired) electrons. The van der Waals surface area contributed by atoms with E-state index >= 15 is 0 Å². The summed E-state index contributed by atoms with van der Waals surface area (Å²) < 4.78 is 37.1. The van der Waals surface area contributed by atoms with Crippen LogP contribution in [0.1, 0.15) is 21.5 Å². The number of hydrogen-bond donors (Lipinski definition) is 0. The molecule has 0 aliphatic rings. The van der Waals surface area contributed by atoms with Gasteiger partial charge >= 0.3 is 6.18 Å². The zero-order chi connectivity index (χ0) is 14.8. The number of pyridine rings is 1. The van der Waals surface area contributed by atoms with Crippen molar-refractivity contribution in [3.8, 4) is 0 Å². The average Bonchev–Trinajstić information content (AvgIpc) is 2.39. The van der Waals surface area contributed by atoms with Crippen LogP contribution < -0.4 is 0 Å². The van der Waals surface area contributed by atoms with Gasteiger partial charge in [-0.1, -0.05) is 29.8 Å². The second kappa shape index (κ2) is 5.66. The molecular weight excluding hydrogens is 287 g/mol. The summed E-state index contributed by atoms with van der Waals surface area (Å²) in [5.41, 5.74) is 0.686. The molecule has 1 aromatic heterocycles. The van der Waals surface area contributed by atoms with Crippen molar-refractivity contribution >= 4 is 16.9 Å². The lowest BCUT2D eigenvalue weighted by Crippen LogP contribution is -2.05. The van der Waals surface area contributed by atoms with Gasteiger partial charge in [-0.15, -0.1) is 0 Å². The van der Waals surface area contributed by atoms with Gasteiger partial charge in [0, 0.05) is 11.8 Å². The minimum atomic E-state index is -4.42. The Morgan fingerprint density at radius 3 is 2.25 bits per heavy atom.